The van der Waals surface area contributed by atoms with Gasteiger partial charge in [0, 0.05) is 0 Å². The number of carbonyl (C=O) groups excluding carboxylic acids is 1. The zero-order valence-electron chi connectivity index (χ0n) is 11.8. The van der Waals surface area contributed by atoms with Crippen LogP contribution in [0.25, 0.3) is 0 Å². The maximum atomic E-state index is 12.4. The lowest BCUT2D eigenvalue weighted by Gasteiger charge is -2.27. The zero-order chi connectivity index (χ0) is 14.9. The van der Waals surface area contributed by atoms with Crippen LogP contribution >= 0.6 is 22.6 Å². The number of benzene rings is 2. The van der Waals surface area contributed by atoms with Gasteiger partial charge in [0.25, 0.3) is 0 Å². The summed E-state index contributed by atoms with van der Waals surface area (Å²) in [5.41, 5.74) is 1.70. The van der Waals surface area contributed by atoms with Gasteiger partial charge < -0.3 is 4.74 Å². The Balaban J connectivity index is 1.87. The summed E-state index contributed by atoms with van der Waals surface area (Å²) in [5.74, 6) is -0.192. The number of rotatable bonds is 3. The van der Waals surface area contributed by atoms with Crippen LogP contribution in [0.15, 0.2) is 60.7 Å². The van der Waals surface area contributed by atoms with Gasteiger partial charge in [0.2, 0.25) is 0 Å². The molecule has 3 heteroatoms. The summed E-state index contributed by atoms with van der Waals surface area (Å²) in [6.45, 7) is 2.02. The third-order valence-electron chi connectivity index (χ3n) is 4.14. The maximum Gasteiger partial charge on any atom is 0.311 e. The van der Waals surface area contributed by atoms with Gasteiger partial charge in [0.1, 0.15) is 5.60 Å². The van der Waals surface area contributed by atoms with Crippen LogP contribution in [0.1, 0.15) is 18.1 Å². The van der Waals surface area contributed by atoms with Gasteiger partial charge in [-0.3, -0.25) is 4.79 Å². The van der Waals surface area contributed by atoms with E-state index in [0.29, 0.717) is 0 Å². The van der Waals surface area contributed by atoms with Crippen LogP contribution < -0.4 is 0 Å². The number of ether oxygens (including phenoxy) is 1. The van der Waals surface area contributed by atoms with E-state index in [2.05, 4.69) is 34.7 Å². The minimum absolute atomic E-state index is 0.0930. The van der Waals surface area contributed by atoms with Crippen LogP contribution in [0.4, 0.5) is 0 Å². The molecule has 2 aromatic carbocycles. The van der Waals surface area contributed by atoms with Crippen LogP contribution in [-0.4, -0.2) is 9.89 Å². The minimum Gasteiger partial charge on any atom is -0.453 e. The molecule has 0 saturated carbocycles. The van der Waals surface area contributed by atoms with E-state index in [1.165, 1.54) is 5.56 Å². The number of carbonyl (C=O) groups is 1. The first kappa shape index (κ1) is 14.6. The molecule has 0 aliphatic carbocycles. The van der Waals surface area contributed by atoms with Gasteiger partial charge in [-0.25, -0.2) is 0 Å². The summed E-state index contributed by atoms with van der Waals surface area (Å²) in [7, 11) is 0. The monoisotopic (exact) mass is 392 g/mol. The lowest BCUT2D eigenvalue weighted by molar-refractivity contribution is -0.150. The predicted octanol–water partition coefficient (Wildman–Crippen LogP) is 4.12. The van der Waals surface area contributed by atoms with Crippen LogP contribution in [0.3, 0.4) is 0 Å². The largest absolute Gasteiger partial charge is 0.453 e. The van der Waals surface area contributed by atoms with E-state index in [1.54, 1.807) is 0 Å². The van der Waals surface area contributed by atoms with E-state index in [4.69, 9.17) is 4.74 Å². The maximum absolute atomic E-state index is 12.4. The number of hydrogen-bond donors (Lipinski definition) is 0. The topological polar surface area (TPSA) is 26.3 Å². The molecule has 0 bridgehead atoms. The van der Waals surface area contributed by atoms with Gasteiger partial charge >= 0.3 is 5.97 Å². The molecular formula is C18H17IO2. The lowest BCUT2D eigenvalue weighted by Crippen LogP contribution is -2.31. The number of hydrogen-bond acceptors (Lipinski definition) is 2. The Hall–Kier alpha value is -1.36. The van der Waals surface area contributed by atoms with Gasteiger partial charge in [-0.15, -0.1) is 0 Å². The number of cyclic esters (lactones) is 1. The second kappa shape index (κ2) is 5.79. The Morgan fingerprint density at radius 3 is 2.24 bits per heavy atom. The van der Waals surface area contributed by atoms with Crippen molar-refractivity contribution in [1.82, 2.24) is 0 Å². The second-order valence-corrected chi connectivity index (χ2v) is 6.93. The Labute approximate surface area is 138 Å². The molecule has 0 unspecified atom stereocenters. The normalized spacial score (nSPS) is 28.4. The Morgan fingerprint density at radius 2 is 1.62 bits per heavy atom. The van der Waals surface area contributed by atoms with Crippen molar-refractivity contribution in [2.45, 2.75) is 22.9 Å². The average molecular weight is 392 g/mol. The molecular weight excluding hydrogens is 375 g/mol. The zero-order valence-corrected chi connectivity index (χ0v) is 14.0. The van der Waals surface area contributed by atoms with Crippen molar-refractivity contribution < 1.29 is 9.53 Å². The van der Waals surface area contributed by atoms with Crippen LogP contribution in [0.5, 0.6) is 0 Å². The van der Waals surface area contributed by atoms with Gasteiger partial charge in [-0.05, 0) is 24.5 Å². The summed E-state index contributed by atoms with van der Waals surface area (Å²) in [4.78, 5) is 12.4. The van der Waals surface area contributed by atoms with Gasteiger partial charge in [-0.2, -0.15) is 0 Å². The van der Waals surface area contributed by atoms with Crippen molar-refractivity contribution in [3.63, 3.8) is 0 Å². The van der Waals surface area contributed by atoms with Gasteiger partial charge in [0.15, 0.2) is 0 Å². The third kappa shape index (κ3) is 2.71. The molecule has 0 aromatic heterocycles. The minimum atomic E-state index is -0.543. The number of halogens is 1. The fourth-order valence-corrected chi connectivity index (χ4v) is 3.92. The molecule has 0 radical (unpaired) electrons. The molecule has 1 fully saturated rings. The highest BCUT2D eigenvalue weighted by atomic mass is 127. The molecule has 1 aliphatic heterocycles. The van der Waals surface area contributed by atoms with Crippen molar-refractivity contribution >= 4 is 28.6 Å². The van der Waals surface area contributed by atoms with Crippen LogP contribution in [-0.2, 0) is 21.6 Å². The fourth-order valence-electron chi connectivity index (χ4n) is 2.89. The fraction of sp³-hybridized carbons (Fsp3) is 0.278. The summed E-state index contributed by atoms with van der Waals surface area (Å²) < 4.78 is 5.90. The van der Waals surface area contributed by atoms with E-state index in [9.17, 15) is 4.79 Å². The average Bonchev–Trinajstić information content (AvgIpc) is 2.74. The van der Waals surface area contributed by atoms with Gasteiger partial charge in [-0.1, -0.05) is 83.3 Å². The van der Waals surface area contributed by atoms with Crippen molar-refractivity contribution in [2.24, 2.45) is 5.92 Å². The van der Waals surface area contributed by atoms with E-state index in [0.717, 1.165) is 12.0 Å². The molecule has 3 rings (SSSR count). The molecule has 108 valence electrons. The van der Waals surface area contributed by atoms with Crippen molar-refractivity contribution in [3.05, 3.63) is 71.8 Å². The molecule has 3 atom stereocenters. The lowest BCUT2D eigenvalue weighted by atomic mass is 9.86. The molecule has 2 aromatic rings. The molecule has 0 amide bonds. The molecule has 0 spiro atoms. The molecule has 1 heterocycles. The Bertz CT molecular complexity index is 626. The first-order chi connectivity index (χ1) is 10.1. The smallest absolute Gasteiger partial charge is 0.311 e. The van der Waals surface area contributed by atoms with Crippen molar-refractivity contribution in [2.75, 3.05) is 0 Å². The third-order valence-corrected chi connectivity index (χ3v) is 6.20. The number of alkyl halides is 1. The summed E-state index contributed by atoms with van der Waals surface area (Å²) >= 11 is 2.37. The van der Waals surface area contributed by atoms with E-state index >= 15 is 0 Å². The highest BCUT2D eigenvalue weighted by Gasteiger charge is 2.52. The number of esters is 1. The van der Waals surface area contributed by atoms with E-state index in [-0.39, 0.29) is 15.8 Å². The molecule has 0 N–H and O–H groups in total. The van der Waals surface area contributed by atoms with Crippen LogP contribution in [0.2, 0.25) is 0 Å². The highest BCUT2D eigenvalue weighted by Crippen LogP contribution is 2.45. The molecule has 2 nitrogen and oxygen atoms in total. The standard InChI is InChI=1S/C18H17IO2/c1-18(14-10-6-3-7-11-14)16(19)15(17(20)21-18)12-13-8-4-2-5-9-13/h2-11,15-16H,12H2,1H3/t15-,16-,18+/m1/s1. The van der Waals surface area contributed by atoms with E-state index in [1.807, 2.05) is 55.5 Å². The molecule has 1 saturated heterocycles. The van der Waals surface area contributed by atoms with E-state index < -0.39 is 5.60 Å². The predicted molar refractivity (Wildman–Crippen MR) is 91.3 cm³/mol. The van der Waals surface area contributed by atoms with Gasteiger partial charge in [0.05, 0.1) is 9.84 Å². The quantitative estimate of drug-likeness (QED) is 0.446. The Kier molecular flexibility index (Phi) is 4.02. The summed E-state index contributed by atoms with van der Waals surface area (Å²) in [5, 5.41) is 0. The SMILES string of the molecule is C[C@@]1(c2ccccc2)OC(=O)[C@H](Cc2ccccc2)[C@H]1I. The second-order valence-electron chi connectivity index (χ2n) is 5.59. The van der Waals surface area contributed by atoms with Crippen molar-refractivity contribution in [1.29, 1.82) is 0 Å². The summed E-state index contributed by atoms with van der Waals surface area (Å²) in [6, 6.07) is 20.2. The highest BCUT2D eigenvalue weighted by molar-refractivity contribution is 14.1. The first-order valence-electron chi connectivity index (χ1n) is 7.07. The van der Waals surface area contributed by atoms with Crippen LogP contribution in [0, 0.1) is 5.92 Å². The molecule has 1 aliphatic rings. The molecule has 21 heavy (non-hydrogen) atoms. The first-order valence-corrected chi connectivity index (χ1v) is 8.32. The van der Waals surface area contributed by atoms with Crippen molar-refractivity contribution in [3.8, 4) is 0 Å². The summed E-state index contributed by atoms with van der Waals surface area (Å²) in [6.07, 6.45) is 0.732. The Morgan fingerprint density at radius 1 is 1.05 bits per heavy atom.